The average Bonchev–Trinajstić information content (AvgIpc) is 2.93. The summed E-state index contributed by atoms with van der Waals surface area (Å²) in [6.45, 7) is 4.58. The minimum Gasteiger partial charge on any atom is -0.354 e. The van der Waals surface area contributed by atoms with Crippen molar-refractivity contribution in [2.45, 2.75) is 52.1 Å². The van der Waals surface area contributed by atoms with Crippen LogP contribution in [-0.2, 0) is 32.6 Å². The lowest BCUT2D eigenvalue weighted by Crippen LogP contribution is -2.50. The quantitative estimate of drug-likeness (QED) is 0.302. The Morgan fingerprint density at radius 3 is 2.17 bits per heavy atom. The van der Waals surface area contributed by atoms with Crippen LogP contribution >= 0.6 is 0 Å². The highest BCUT2D eigenvalue weighted by atomic mass is 32.2. The van der Waals surface area contributed by atoms with Gasteiger partial charge in [-0.05, 0) is 55.2 Å². The molecule has 0 spiro atoms. The minimum absolute atomic E-state index is 0.0332. The van der Waals surface area contributed by atoms with Gasteiger partial charge in [0.15, 0.2) is 0 Å². The molecule has 1 unspecified atom stereocenters. The fraction of sp³-hybridized carbons (Fsp3) is 0.355. The molecule has 40 heavy (non-hydrogen) atoms. The second kappa shape index (κ2) is 14.6. The molecule has 0 aromatic heterocycles. The van der Waals surface area contributed by atoms with Gasteiger partial charge < -0.3 is 10.2 Å². The number of nitrogens with zero attached hydrogens (tertiary/aromatic N) is 2. The molecule has 0 aliphatic rings. The average molecular weight is 568 g/mol. The van der Waals surface area contributed by atoms with E-state index in [-0.39, 0.29) is 43.6 Å². The Balaban J connectivity index is 1.85. The van der Waals surface area contributed by atoms with E-state index in [2.05, 4.69) is 5.32 Å². The van der Waals surface area contributed by atoms with Gasteiger partial charge in [0.05, 0.1) is 11.9 Å². The van der Waals surface area contributed by atoms with Crippen molar-refractivity contribution in [1.29, 1.82) is 0 Å². The summed E-state index contributed by atoms with van der Waals surface area (Å²) in [4.78, 5) is 28.6. The van der Waals surface area contributed by atoms with Crippen molar-refractivity contribution in [2.24, 2.45) is 0 Å². The number of anilines is 1. The zero-order valence-electron chi connectivity index (χ0n) is 23.3. The van der Waals surface area contributed by atoms with Crippen molar-refractivity contribution in [3.8, 4) is 0 Å². The molecule has 0 bridgehead atoms. The maximum absolute atomic E-state index is 13.7. The predicted molar refractivity (Wildman–Crippen MR) is 157 cm³/mol. The second-order valence-corrected chi connectivity index (χ2v) is 11.8. The van der Waals surface area contributed by atoms with Crippen molar-refractivity contribution < 1.29 is 22.4 Å². The van der Waals surface area contributed by atoms with Gasteiger partial charge in [0.1, 0.15) is 11.9 Å². The fourth-order valence-electron chi connectivity index (χ4n) is 4.42. The molecule has 0 aliphatic heterocycles. The summed E-state index contributed by atoms with van der Waals surface area (Å²) < 4.78 is 40.0. The molecule has 0 saturated heterocycles. The first-order valence-electron chi connectivity index (χ1n) is 13.5. The van der Waals surface area contributed by atoms with Gasteiger partial charge in [0.2, 0.25) is 21.8 Å². The van der Waals surface area contributed by atoms with Gasteiger partial charge in [-0.15, -0.1) is 0 Å². The van der Waals surface area contributed by atoms with E-state index in [1.807, 2.05) is 56.3 Å². The highest BCUT2D eigenvalue weighted by Gasteiger charge is 2.30. The SMILES string of the molecule is CCCNC(=O)C(Cc1ccccc1)N(Cc1ccc(F)cc1)C(=O)CCCN(c1ccc(C)cc1)S(C)(=O)=O. The molecular weight excluding hydrogens is 529 g/mol. The van der Waals surface area contributed by atoms with E-state index >= 15 is 0 Å². The lowest BCUT2D eigenvalue weighted by Gasteiger charge is -2.32. The van der Waals surface area contributed by atoms with Crippen LogP contribution in [0.2, 0.25) is 0 Å². The molecule has 1 atom stereocenters. The Labute approximate surface area is 237 Å². The van der Waals surface area contributed by atoms with Crippen molar-refractivity contribution >= 4 is 27.5 Å². The molecule has 0 radical (unpaired) electrons. The van der Waals surface area contributed by atoms with Crippen LogP contribution in [0.15, 0.2) is 78.9 Å². The first kappa shape index (κ1) is 30.8. The third-order valence-corrected chi connectivity index (χ3v) is 7.75. The van der Waals surface area contributed by atoms with E-state index in [4.69, 9.17) is 0 Å². The number of hydrogen-bond donors (Lipinski definition) is 1. The van der Waals surface area contributed by atoms with Gasteiger partial charge in [-0.2, -0.15) is 0 Å². The Morgan fingerprint density at radius 2 is 1.57 bits per heavy atom. The van der Waals surface area contributed by atoms with Gasteiger partial charge in [0, 0.05) is 32.5 Å². The van der Waals surface area contributed by atoms with Crippen LogP contribution in [0.25, 0.3) is 0 Å². The third-order valence-electron chi connectivity index (χ3n) is 6.56. The number of amides is 2. The van der Waals surface area contributed by atoms with Crippen LogP contribution < -0.4 is 9.62 Å². The molecule has 9 heteroatoms. The number of aryl methyl sites for hydroxylation is 1. The van der Waals surface area contributed by atoms with E-state index in [0.29, 0.717) is 24.2 Å². The monoisotopic (exact) mass is 567 g/mol. The van der Waals surface area contributed by atoms with E-state index in [1.165, 1.54) is 21.3 Å². The largest absolute Gasteiger partial charge is 0.354 e. The summed E-state index contributed by atoms with van der Waals surface area (Å²) in [5.74, 6) is -0.937. The molecule has 3 aromatic carbocycles. The Bertz CT molecular complexity index is 1350. The topological polar surface area (TPSA) is 86.8 Å². The maximum atomic E-state index is 13.7. The van der Waals surface area contributed by atoms with Crippen LogP contribution in [0.1, 0.15) is 42.9 Å². The van der Waals surface area contributed by atoms with E-state index < -0.39 is 16.1 Å². The van der Waals surface area contributed by atoms with Crippen molar-refractivity contribution in [2.75, 3.05) is 23.7 Å². The van der Waals surface area contributed by atoms with Crippen LogP contribution in [0, 0.1) is 12.7 Å². The molecule has 3 rings (SSSR count). The van der Waals surface area contributed by atoms with Gasteiger partial charge in [-0.25, -0.2) is 12.8 Å². The van der Waals surface area contributed by atoms with Crippen LogP contribution in [-0.4, -0.2) is 50.5 Å². The minimum atomic E-state index is -3.57. The first-order valence-corrected chi connectivity index (χ1v) is 15.3. The number of halogens is 1. The van der Waals surface area contributed by atoms with Crippen LogP contribution in [0.5, 0.6) is 0 Å². The Kier molecular flexibility index (Phi) is 11.3. The number of sulfonamides is 1. The predicted octanol–water partition coefficient (Wildman–Crippen LogP) is 4.85. The number of rotatable bonds is 14. The summed E-state index contributed by atoms with van der Waals surface area (Å²) in [7, 11) is -3.57. The van der Waals surface area contributed by atoms with E-state index in [1.54, 1.807) is 24.3 Å². The highest BCUT2D eigenvalue weighted by molar-refractivity contribution is 7.92. The second-order valence-electron chi connectivity index (χ2n) is 9.92. The number of nitrogens with one attached hydrogen (secondary N) is 1. The zero-order chi connectivity index (χ0) is 29.1. The first-order chi connectivity index (χ1) is 19.1. The van der Waals surface area contributed by atoms with Gasteiger partial charge in [0.25, 0.3) is 0 Å². The standard InChI is InChI=1S/C31H38FN3O4S/c1-4-20-33-31(37)29(22-25-9-6-5-7-10-25)34(23-26-14-16-27(32)17-15-26)30(36)11-8-21-35(40(3,38)39)28-18-12-24(2)13-19-28/h5-7,9-10,12-19,29H,4,8,11,20-23H2,1-3H3,(H,33,37). The number of carbonyl (C=O) groups excluding carboxylic acids is 2. The molecule has 1 N–H and O–H groups in total. The highest BCUT2D eigenvalue weighted by Crippen LogP contribution is 2.21. The van der Waals surface area contributed by atoms with Crippen LogP contribution in [0.4, 0.5) is 10.1 Å². The lowest BCUT2D eigenvalue weighted by atomic mass is 10.0. The van der Waals surface area contributed by atoms with Crippen molar-refractivity contribution in [3.63, 3.8) is 0 Å². The summed E-state index contributed by atoms with van der Waals surface area (Å²) in [5.41, 5.74) is 3.13. The molecule has 7 nitrogen and oxygen atoms in total. The molecule has 2 amide bonds. The fourth-order valence-corrected chi connectivity index (χ4v) is 5.39. The van der Waals surface area contributed by atoms with Crippen LogP contribution in [0.3, 0.4) is 0 Å². The molecule has 0 saturated carbocycles. The van der Waals surface area contributed by atoms with Gasteiger partial charge >= 0.3 is 0 Å². The Morgan fingerprint density at radius 1 is 0.925 bits per heavy atom. The van der Waals surface area contributed by atoms with E-state index in [9.17, 15) is 22.4 Å². The summed E-state index contributed by atoms with van der Waals surface area (Å²) in [5, 5.41) is 2.92. The van der Waals surface area contributed by atoms with Crippen molar-refractivity contribution in [3.05, 3.63) is 101 Å². The smallest absolute Gasteiger partial charge is 0.243 e. The molecule has 0 fully saturated rings. The van der Waals surface area contributed by atoms with Crippen molar-refractivity contribution in [1.82, 2.24) is 10.2 Å². The molecule has 3 aromatic rings. The summed E-state index contributed by atoms with van der Waals surface area (Å²) in [6.07, 6.45) is 2.49. The number of carbonyl (C=O) groups is 2. The normalized spacial score (nSPS) is 12.0. The number of benzene rings is 3. The molecular formula is C31H38FN3O4S. The van der Waals surface area contributed by atoms with Gasteiger partial charge in [-0.3, -0.25) is 13.9 Å². The number of hydrogen-bond acceptors (Lipinski definition) is 4. The lowest BCUT2D eigenvalue weighted by molar-refractivity contribution is -0.141. The van der Waals surface area contributed by atoms with Gasteiger partial charge in [-0.1, -0.05) is 67.1 Å². The summed E-state index contributed by atoms with van der Waals surface area (Å²) in [6, 6.07) is 21.7. The summed E-state index contributed by atoms with van der Waals surface area (Å²) >= 11 is 0. The van der Waals surface area contributed by atoms with E-state index in [0.717, 1.165) is 23.8 Å². The zero-order valence-corrected chi connectivity index (χ0v) is 24.2. The Hall–Kier alpha value is -3.72. The molecule has 0 aliphatic carbocycles. The molecule has 214 valence electrons. The molecule has 0 heterocycles. The maximum Gasteiger partial charge on any atom is 0.243 e. The third kappa shape index (κ3) is 9.19.